The van der Waals surface area contributed by atoms with Crippen LogP contribution in [-0.4, -0.2) is 23.1 Å². The molecule has 0 unspecified atom stereocenters. The summed E-state index contributed by atoms with van der Waals surface area (Å²) in [6.07, 6.45) is 7.01. The maximum absolute atomic E-state index is 6.31. The molecule has 21 heavy (non-hydrogen) atoms. The Morgan fingerprint density at radius 1 is 1.10 bits per heavy atom. The van der Waals surface area contributed by atoms with Gasteiger partial charge in [0.25, 0.3) is 0 Å². The summed E-state index contributed by atoms with van der Waals surface area (Å²) in [4.78, 5) is 11.6. The predicted molar refractivity (Wildman–Crippen MR) is 90.2 cm³/mol. The van der Waals surface area contributed by atoms with Crippen LogP contribution in [0.5, 0.6) is 0 Å². The Morgan fingerprint density at radius 3 is 2.24 bits per heavy atom. The van der Waals surface area contributed by atoms with Crippen LogP contribution in [0.2, 0.25) is 5.15 Å². The highest BCUT2D eigenvalue weighted by molar-refractivity contribution is 6.30. The molecule has 1 fully saturated rings. The lowest BCUT2D eigenvalue weighted by atomic mass is 9.74. The zero-order chi connectivity index (χ0) is 15.5. The maximum Gasteiger partial charge on any atom is 0.137 e. The Balaban J connectivity index is 2.19. The molecule has 0 N–H and O–H groups in total. The molecule has 0 bridgehead atoms. The van der Waals surface area contributed by atoms with Crippen molar-refractivity contribution in [2.75, 3.05) is 18.0 Å². The molecule has 3 nitrogen and oxygen atoms in total. The van der Waals surface area contributed by atoms with Gasteiger partial charge in [-0.05, 0) is 31.6 Å². The SMILES string of the molecule is CCCc1nc(Cl)c(C)c(N2CCC(CC)(CC)CC2)n1. The van der Waals surface area contributed by atoms with E-state index >= 15 is 0 Å². The molecule has 118 valence electrons. The highest BCUT2D eigenvalue weighted by Gasteiger charge is 2.32. The first-order chi connectivity index (χ1) is 10.0. The number of hydrogen-bond acceptors (Lipinski definition) is 3. The van der Waals surface area contributed by atoms with E-state index in [9.17, 15) is 0 Å². The predicted octanol–water partition coefficient (Wildman–Crippen LogP) is 4.80. The van der Waals surface area contributed by atoms with Gasteiger partial charge in [-0.15, -0.1) is 0 Å². The molecule has 0 saturated carbocycles. The topological polar surface area (TPSA) is 29.0 Å². The molecule has 1 aliphatic heterocycles. The van der Waals surface area contributed by atoms with Crippen LogP contribution < -0.4 is 4.90 Å². The molecule has 0 radical (unpaired) electrons. The van der Waals surface area contributed by atoms with E-state index in [-0.39, 0.29) is 0 Å². The van der Waals surface area contributed by atoms with E-state index in [0.29, 0.717) is 10.6 Å². The molecule has 0 spiro atoms. The molecule has 1 aromatic rings. The van der Waals surface area contributed by atoms with Gasteiger partial charge >= 0.3 is 0 Å². The zero-order valence-corrected chi connectivity index (χ0v) is 14.6. The Labute approximate surface area is 134 Å². The molecular formula is C17H28ClN3. The van der Waals surface area contributed by atoms with Gasteiger partial charge in [-0.1, -0.05) is 45.2 Å². The molecule has 0 atom stereocenters. The molecule has 4 heteroatoms. The fourth-order valence-corrected chi connectivity index (χ4v) is 3.50. The zero-order valence-electron chi connectivity index (χ0n) is 13.9. The lowest BCUT2D eigenvalue weighted by molar-refractivity contribution is 0.199. The molecular weight excluding hydrogens is 282 g/mol. The van der Waals surface area contributed by atoms with E-state index in [1.165, 1.54) is 25.7 Å². The summed E-state index contributed by atoms with van der Waals surface area (Å²) in [5, 5.41) is 0.617. The Hall–Kier alpha value is -0.830. The van der Waals surface area contributed by atoms with Gasteiger partial charge in [0.2, 0.25) is 0 Å². The van der Waals surface area contributed by atoms with E-state index in [2.05, 4.69) is 30.7 Å². The normalized spacial score (nSPS) is 18.0. The minimum atomic E-state index is 0.535. The summed E-state index contributed by atoms with van der Waals surface area (Å²) >= 11 is 6.31. The van der Waals surface area contributed by atoms with E-state index in [1.54, 1.807) is 0 Å². The van der Waals surface area contributed by atoms with Gasteiger partial charge in [0.15, 0.2) is 0 Å². The van der Waals surface area contributed by atoms with Crippen LogP contribution in [0.3, 0.4) is 0 Å². The van der Waals surface area contributed by atoms with Crippen LogP contribution in [0.4, 0.5) is 5.82 Å². The van der Waals surface area contributed by atoms with Crippen LogP contribution in [0.1, 0.15) is 64.3 Å². The summed E-state index contributed by atoms with van der Waals surface area (Å²) in [5.74, 6) is 1.94. The highest BCUT2D eigenvalue weighted by atomic mass is 35.5. The second-order valence-electron chi connectivity index (χ2n) is 6.32. The van der Waals surface area contributed by atoms with E-state index in [4.69, 9.17) is 16.6 Å². The number of anilines is 1. The van der Waals surface area contributed by atoms with Crippen LogP contribution in [0, 0.1) is 12.3 Å². The molecule has 1 aromatic heterocycles. The van der Waals surface area contributed by atoms with Gasteiger partial charge < -0.3 is 4.90 Å². The van der Waals surface area contributed by atoms with E-state index < -0.39 is 0 Å². The quantitative estimate of drug-likeness (QED) is 0.732. The van der Waals surface area contributed by atoms with Crippen molar-refractivity contribution in [3.63, 3.8) is 0 Å². The molecule has 0 aromatic carbocycles. The second-order valence-corrected chi connectivity index (χ2v) is 6.68. The fourth-order valence-electron chi connectivity index (χ4n) is 3.31. The maximum atomic E-state index is 6.31. The number of rotatable bonds is 5. The average molecular weight is 310 g/mol. The third-order valence-electron chi connectivity index (χ3n) is 5.20. The van der Waals surface area contributed by atoms with Gasteiger partial charge in [0, 0.05) is 25.1 Å². The molecule has 1 saturated heterocycles. The highest BCUT2D eigenvalue weighted by Crippen LogP contribution is 2.39. The lowest BCUT2D eigenvalue weighted by Gasteiger charge is -2.42. The third-order valence-corrected chi connectivity index (χ3v) is 5.57. The number of halogens is 1. The van der Waals surface area contributed by atoms with Crippen LogP contribution >= 0.6 is 11.6 Å². The van der Waals surface area contributed by atoms with Crippen LogP contribution in [0.15, 0.2) is 0 Å². The Kier molecular flexibility index (Phi) is 5.48. The minimum absolute atomic E-state index is 0.535. The number of piperidine rings is 1. The lowest BCUT2D eigenvalue weighted by Crippen LogP contribution is -2.40. The van der Waals surface area contributed by atoms with Crippen molar-refractivity contribution in [3.8, 4) is 0 Å². The number of aromatic nitrogens is 2. The average Bonchev–Trinajstić information content (AvgIpc) is 2.51. The summed E-state index contributed by atoms with van der Waals surface area (Å²) in [7, 11) is 0. The van der Waals surface area contributed by atoms with Crippen molar-refractivity contribution in [2.24, 2.45) is 5.41 Å². The smallest absolute Gasteiger partial charge is 0.137 e. The van der Waals surface area contributed by atoms with Crippen molar-refractivity contribution in [2.45, 2.75) is 66.2 Å². The number of aryl methyl sites for hydroxylation is 1. The van der Waals surface area contributed by atoms with E-state index in [1.807, 2.05) is 6.92 Å². The minimum Gasteiger partial charge on any atom is -0.356 e. The van der Waals surface area contributed by atoms with Crippen molar-refractivity contribution < 1.29 is 0 Å². The number of hydrogen-bond donors (Lipinski definition) is 0. The van der Waals surface area contributed by atoms with Gasteiger partial charge in [0.05, 0.1) is 0 Å². The fraction of sp³-hybridized carbons (Fsp3) is 0.765. The largest absolute Gasteiger partial charge is 0.356 e. The molecule has 0 aliphatic carbocycles. The van der Waals surface area contributed by atoms with Crippen LogP contribution in [-0.2, 0) is 6.42 Å². The van der Waals surface area contributed by atoms with Gasteiger partial charge in [-0.25, -0.2) is 9.97 Å². The van der Waals surface area contributed by atoms with Gasteiger partial charge in [-0.3, -0.25) is 0 Å². The van der Waals surface area contributed by atoms with Crippen molar-refractivity contribution in [3.05, 3.63) is 16.5 Å². The summed E-state index contributed by atoms with van der Waals surface area (Å²) in [6, 6.07) is 0. The molecule has 1 aliphatic rings. The Morgan fingerprint density at radius 2 is 1.71 bits per heavy atom. The van der Waals surface area contributed by atoms with Gasteiger partial charge in [-0.2, -0.15) is 0 Å². The monoisotopic (exact) mass is 309 g/mol. The van der Waals surface area contributed by atoms with Crippen molar-refractivity contribution in [1.29, 1.82) is 0 Å². The Bertz CT molecular complexity index is 473. The van der Waals surface area contributed by atoms with Gasteiger partial charge in [0.1, 0.15) is 16.8 Å². The molecule has 2 rings (SSSR count). The van der Waals surface area contributed by atoms with Crippen molar-refractivity contribution >= 4 is 17.4 Å². The first kappa shape index (κ1) is 16.5. The van der Waals surface area contributed by atoms with Crippen LogP contribution in [0.25, 0.3) is 0 Å². The second kappa shape index (κ2) is 6.95. The van der Waals surface area contributed by atoms with E-state index in [0.717, 1.165) is 43.1 Å². The molecule has 2 heterocycles. The summed E-state index contributed by atoms with van der Waals surface area (Å²) in [6.45, 7) is 11.0. The molecule has 0 amide bonds. The van der Waals surface area contributed by atoms with Crippen molar-refractivity contribution in [1.82, 2.24) is 9.97 Å². The number of nitrogens with zero attached hydrogens (tertiary/aromatic N) is 3. The standard InChI is InChI=1S/C17H28ClN3/c1-5-8-14-19-15(18)13(4)16(20-14)21-11-9-17(6-2,7-3)10-12-21/h5-12H2,1-4H3. The summed E-state index contributed by atoms with van der Waals surface area (Å²) < 4.78 is 0. The summed E-state index contributed by atoms with van der Waals surface area (Å²) in [5.41, 5.74) is 1.56. The third kappa shape index (κ3) is 3.50. The first-order valence-electron chi connectivity index (χ1n) is 8.33. The first-order valence-corrected chi connectivity index (χ1v) is 8.71.